The molecule has 1 amide bonds. The number of phenolic OH excluding ortho intramolecular Hbond substituents is 1. The second kappa shape index (κ2) is 6.66. The second-order valence-corrected chi connectivity index (χ2v) is 6.00. The summed E-state index contributed by atoms with van der Waals surface area (Å²) in [5.41, 5.74) is 0.0559. The highest BCUT2D eigenvalue weighted by Gasteiger charge is 2.24. The molecule has 0 unspecified atom stereocenters. The van der Waals surface area contributed by atoms with Crippen molar-refractivity contribution in [3.05, 3.63) is 27.7 Å². The zero-order valence-electron chi connectivity index (χ0n) is 10.9. The molecule has 1 aromatic rings. The van der Waals surface area contributed by atoms with E-state index in [-0.39, 0.29) is 34.0 Å². The van der Waals surface area contributed by atoms with Gasteiger partial charge in [0.2, 0.25) is 0 Å². The van der Waals surface area contributed by atoms with E-state index in [9.17, 15) is 9.90 Å². The number of nitrogens with one attached hydrogen (secondary N) is 1. The Bertz CT molecular complexity index is 476. The van der Waals surface area contributed by atoms with Crippen LogP contribution in [0.4, 0.5) is 0 Å². The Hall–Kier alpha value is -0.970. The van der Waals surface area contributed by atoms with Crippen molar-refractivity contribution in [2.24, 2.45) is 5.92 Å². The van der Waals surface area contributed by atoms with Crippen molar-refractivity contribution in [2.75, 3.05) is 6.61 Å². The van der Waals surface area contributed by atoms with Crippen LogP contribution in [0.25, 0.3) is 0 Å². The number of aliphatic hydroxyl groups excluding tert-OH is 1. The summed E-state index contributed by atoms with van der Waals surface area (Å²) in [6.45, 7) is 0.199. The van der Waals surface area contributed by atoms with Gasteiger partial charge in [-0.1, -0.05) is 23.2 Å². The van der Waals surface area contributed by atoms with E-state index in [4.69, 9.17) is 28.3 Å². The minimum Gasteiger partial charge on any atom is -0.507 e. The maximum atomic E-state index is 12.2. The topological polar surface area (TPSA) is 69.6 Å². The molecule has 0 saturated heterocycles. The molecule has 1 aliphatic rings. The number of carbonyl (C=O) groups is 1. The Balaban J connectivity index is 2.03. The lowest BCUT2D eigenvalue weighted by atomic mass is 9.86. The Morgan fingerprint density at radius 3 is 2.45 bits per heavy atom. The molecule has 0 aliphatic heterocycles. The number of amides is 1. The summed E-state index contributed by atoms with van der Waals surface area (Å²) in [5.74, 6) is -0.281. The summed E-state index contributed by atoms with van der Waals surface area (Å²) in [6.07, 6.45) is 3.43. The molecular weight excluding hydrogens is 301 g/mol. The Morgan fingerprint density at radius 2 is 1.90 bits per heavy atom. The molecule has 1 aliphatic carbocycles. The minimum absolute atomic E-state index is 0.0523. The van der Waals surface area contributed by atoms with Crippen LogP contribution in [0, 0.1) is 5.92 Å². The van der Waals surface area contributed by atoms with Gasteiger partial charge in [0.05, 0.1) is 10.6 Å². The molecule has 0 heterocycles. The Labute approximate surface area is 127 Å². The number of benzene rings is 1. The maximum absolute atomic E-state index is 12.2. The second-order valence-electron chi connectivity index (χ2n) is 5.16. The quantitative estimate of drug-likeness (QED) is 0.802. The lowest BCUT2D eigenvalue weighted by molar-refractivity contribution is 0.0911. The smallest absolute Gasteiger partial charge is 0.256 e. The molecule has 110 valence electrons. The molecule has 20 heavy (non-hydrogen) atoms. The third-order valence-electron chi connectivity index (χ3n) is 3.70. The van der Waals surface area contributed by atoms with Crippen molar-refractivity contribution in [2.45, 2.75) is 31.7 Å². The van der Waals surface area contributed by atoms with Gasteiger partial charge in [0.1, 0.15) is 5.75 Å². The molecule has 3 N–H and O–H groups in total. The van der Waals surface area contributed by atoms with E-state index in [2.05, 4.69) is 5.32 Å². The predicted molar refractivity (Wildman–Crippen MR) is 78.4 cm³/mol. The van der Waals surface area contributed by atoms with Crippen molar-refractivity contribution in [3.8, 4) is 5.75 Å². The van der Waals surface area contributed by atoms with Crippen molar-refractivity contribution >= 4 is 29.1 Å². The number of aromatic hydroxyl groups is 1. The van der Waals surface area contributed by atoms with Crippen LogP contribution >= 0.6 is 23.2 Å². The first-order valence-corrected chi connectivity index (χ1v) is 7.36. The van der Waals surface area contributed by atoms with Crippen LogP contribution in [-0.2, 0) is 0 Å². The van der Waals surface area contributed by atoms with E-state index in [1.807, 2.05) is 0 Å². The van der Waals surface area contributed by atoms with E-state index in [0.29, 0.717) is 5.92 Å². The molecule has 6 heteroatoms. The SMILES string of the molecule is O=C(NC1CCC(CO)CC1)c1c(O)cc(Cl)cc1Cl. The average molecular weight is 318 g/mol. The molecule has 1 fully saturated rings. The monoisotopic (exact) mass is 317 g/mol. The first-order valence-electron chi connectivity index (χ1n) is 6.61. The normalized spacial score (nSPS) is 22.6. The third kappa shape index (κ3) is 3.57. The fourth-order valence-electron chi connectivity index (χ4n) is 2.53. The summed E-state index contributed by atoms with van der Waals surface area (Å²) in [4.78, 5) is 12.2. The number of rotatable bonds is 3. The van der Waals surface area contributed by atoms with Crippen LogP contribution in [0.1, 0.15) is 36.0 Å². The van der Waals surface area contributed by atoms with Gasteiger partial charge in [0, 0.05) is 17.7 Å². The molecule has 0 radical (unpaired) electrons. The summed E-state index contributed by atoms with van der Waals surface area (Å²) < 4.78 is 0. The van der Waals surface area contributed by atoms with E-state index < -0.39 is 5.91 Å². The van der Waals surface area contributed by atoms with Gasteiger partial charge in [0.25, 0.3) is 5.91 Å². The van der Waals surface area contributed by atoms with Gasteiger partial charge < -0.3 is 15.5 Å². The van der Waals surface area contributed by atoms with Gasteiger partial charge in [0.15, 0.2) is 0 Å². The van der Waals surface area contributed by atoms with Gasteiger partial charge >= 0.3 is 0 Å². The summed E-state index contributed by atoms with van der Waals surface area (Å²) in [7, 11) is 0. The largest absolute Gasteiger partial charge is 0.507 e. The van der Waals surface area contributed by atoms with Crippen LogP contribution in [0.15, 0.2) is 12.1 Å². The van der Waals surface area contributed by atoms with E-state index >= 15 is 0 Å². The number of hydrogen-bond donors (Lipinski definition) is 3. The first-order chi connectivity index (χ1) is 9.51. The van der Waals surface area contributed by atoms with Gasteiger partial charge in [-0.15, -0.1) is 0 Å². The van der Waals surface area contributed by atoms with Crippen LogP contribution < -0.4 is 5.32 Å². The first kappa shape index (κ1) is 15.4. The molecule has 1 aromatic carbocycles. The number of carbonyl (C=O) groups excluding carboxylic acids is 1. The van der Waals surface area contributed by atoms with Crippen molar-refractivity contribution < 1.29 is 15.0 Å². The van der Waals surface area contributed by atoms with E-state index in [1.54, 1.807) is 0 Å². The standard InChI is InChI=1S/C14H17Cl2NO3/c15-9-5-11(16)13(12(19)6-9)14(20)17-10-3-1-8(7-18)2-4-10/h5-6,8,10,18-19H,1-4,7H2,(H,17,20). The molecule has 0 spiro atoms. The van der Waals surface area contributed by atoms with Gasteiger partial charge in [-0.2, -0.15) is 0 Å². The zero-order chi connectivity index (χ0) is 14.7. The van der Waals surface area contributed by atoms with Crippen molar-refractivity contribution in [1.82, 2.24) is 5.32 Å². The molecule has 1 saturated carbocycles. The molecule has 4 nitrogen and oxygen atoms in total. The van der Waals surface area contributed by atoms with Gasteiger partial charge in [-0.3, -0.25) is 4.79 Å². The van der Waals surface area contributed by atoms with Crippen LogP contribution in [0.5, 0.6) is 5.75 Å². The summed E-state index contributed by atoms with van der Waals surface area (Å²) in [5, 5.41) is 22.2. The van der Waals surface area contributed by atoms with Crippen molar-refractivity contribution in [1.29, 1.82) is 0 Å². The number of aliphatic hydroxyl groups is 1. The average Bonchev–Trinajstić information content (AvgIpc) is 2.38. The van der Waals surface area contributed by atoms with Crippen LogP contribution in [0.2, 0.25) is 10.0 Å². The molecule has 2 rings (SSSR count). The van der Waals surface area contributed by atoms with Gasteiger partial charge in [-0.25, -0.2) is 0 Å². The third-order valence-corrected chi connectivity index (χ3v) is 4.22. The zero-order valence-corrected chi connectivity index (χ0v) is 12.4. The van der Waals surface area contributed by atoms with Crippen LogP contribution in [0.3, 0.4) is 0 Å². The molecule has 0 aromatic heterocycles. The van der Waals surface area contributed by atoms with E-state index in [1.165, 1.54) is 12.1 Å². The molecular formula is C14H17Cl2NO3. The lowest BCUT2D eigenvalue weighted by Gasteiger charge is -2.28. The van der Waals surface area contributed by atoms with Crippen molar-refractivity contribution in [3.63, 3.8) is 0 Å². The lowest BCUT2D eigenvalue weighted by Crippen LogP contribution is -2.38. The van der Waals surface area contributed by atoms with Gasteiger partial charge in [-0.05, 0) is 43.7 Å². The number of halogens is 2. The van der Waals surface area contributed by atoms with E-state index in [0.717, 1.165) is 25.7 Å². The minimum atomic E-state index is -0.392. The van der Waals surface area contributed by atoms with Crippen LogP contribution in [-0.4, -0.2) is 28.8 Å². The summed E-state index contributed by atoms with van der Waals surface area (Å²) in [6, 6.07) is 2.78. The predicted octanol–water partition coefficient (Wildman–Crippen LogP) is 2.98. The number of hydrogen-bond acceptors (Lipinski definition) is 3. The fraction of sp³-hybridized carbons (Fsp3) is 0.500. The Kier molecular flexibility index (Phi) is 5.13. The maximum Gasteiger partial charge on any atom is 0.256 e. The molecule has 0 bridgehead atoms. The molecule has 0 atom stereocenters. The fourth-order valence-corrected chi connectivity index (χ4v) is 3.10. The highest BCUT2D eigenvalue weighted by Crippen LogP contribution is 2.31. The highest BCUT2D eigenvalue weighted by molar-refractivity contribution is 6.37. The number of phenols is 1. The summed E-state index contributed by atoms with van der Waals surface area (Å²) >= 11 is 11.7. The highest BCUT2D eigenvalue weighted by atomic mass is 35.5. The Morgan fingerprint density at radius 1 is 1.25 bits per heavy atom.